The molecule has 1 aliphatic rings. The largest absolute Gasteiger partial charge is 0.379 e. The van der Waals surface area contributed by atoms with Gasteiger partial charge in [0, 0.05) is 31.6 Å². The van der Waals surface area contributed by atoms with E-state index in [2.05, 4.69) is 20.5 Å². The van der Waals surface area contributed by atoms with Gasteiger partial charge in [-0.1, -0.05) is 20.8 Å². The molecular formula is C16H26N4O2. The summed E-state index contributed by atoms with van der Waals surface area (Å²) in [5.74, 6) is 0.810. The third-order valence-electron chi connectivity index (χ3n) is 3.54. The van der Waals surface area contributed by atoms with Crippen molar-refractivity contribution in [1.82, 2.24) is 9.88 Å². The van der Waals surface area contributed by atoms with Crippen LogP contribution in [0.1, 0.15) is 20.8 Å². The molecule has 1 aliphatic heterocycles. The second kappa shape index (κ2) is 7.56. The molecule has 0 aliphatic carbocycles. The first-order valence-electron chi connectivity index (χ1n) is 7.76. The van der Waals surface area contributed by atoms with E-state index >= 15 is 0 Å². The summed E-state index contributed by atoms with van der Waals surface area (Å²) in [6, 6.07) is 3.76. The van der Waals surface area contributed by atoms with Crippen LogP contribution in [0.5, 0.6) is 0 Å². The summed E-state index contributed by atoms with van der Waals surface area (Å²) in [5.41, 5.74) is 0.313. The molecule has 0 saturated carbocycles. The van der Waals surface area contributed by atoms with Gasteiger partial charge in [0.1, 0.15) is 5.82 Å². The van der Waals surface area contributed by atoms with Crippen molar-refractivity contribution in [2.45, 2.75) is 20.8 Å². The molecule has 0 radical (unpaired) electrons. The number of aromatic nitrogens is 1. The highest BCUT2D eigenvalue weighted by atomic mass is 16.5. The first-order valence-corrected chi connectivity index (χ1v) is 7.76. The van der Waals surface area contributed by atoms with E-state index in [9.17, 15) is 4.79 Å². The Hall–Kier alpha value is -1.66. The van der Waals surface area contributed by atoms with Gasteiger partial charge in [-0.05, 0) is 12.1 Å². The van der Waals surface area contributed by atoms with Gasteiger partial charge in [-0.25, -0.2) is 4.98 Å². The molecule has 2 rings (SSSR count). The molecule has 1 aromatic rings. The predicted octanol–water partition coefficient (Wildman–Crippen LogP) is 1.81. The van der Waals surface area contributed by atoms with Gasteiger partial charge < -0.3 is 15.4 Å². The monoisotopic (exact) mass is 306 g/mol. The second-order valence-corrected chi connectivity index (χ2v) is 6.52. The van der Waals surface area contributed by atoms with E-state index in [1.54, 1.807) is 6.20 Å². The number of ether oxygens (including phenoxy) is 1. The lowest BCUT2D eigenvalue weighted by Gasteiger charge is -2.26. The molecule has 0 atom stereocenters. The van der Waals surface area contributed by atoms with E-state index in [0.29, 0.717) is 0 Å². The molecule has 122 valence electrons. The van der Waals surface area contributed by atoms with Crippen molar-refractivity contribution in [2.75, 3.05) is 50.0 Å². The number of pyridine rings is 1. The van der Waals surface area contributed by atoms with Crippen molar-refractivity contribution >= 4 is 17.4 Å². The smallest absolute Gasteiger partial charge is 0.229 e. The fraction of sp³-hybridized carbons (Fsp3) is 0.625. The lowest BCUT2D eigenvalue weighted by molar-refractivity contribution is -0.123. The molecule has 0 spiro atoms. The van der Waals surface area contributed by atoms with Crippen LogP contribution in [0.2, 0.25) is 0 Å². The van der Waals surface area contributed by atoms with Crippen LogP contribution in [0, 0.1) is 5.41 Å². The lowest BCUT2D eigenvalue weighted by atomic mass is 9.96. The van der Waals surface area contributed by atoms with Crippen LogP contribution < -0.4 is 10.6 Å². The van der Waals surface area contributed by atoms with Gasteiger partial charge in [0.25, 0.3) is 0 Å². The molecule has 0 unspecified atom stereocenters. The van der Waals surface area contributed by atoms with Crippen molar-refractivity contribution < 1.29 is 9.53 Å². The maximum atomic E-state index is 11.9. The Labute approximate surface area is 132 Å². The Morgan fingerprint density at radius 2 is 2.05 bits per heavy atom. The fourth-order valence-electron chi connectivity index (χ4n) is 2.06. The van der Waals surface area contributed by atoms with Gasteiger partial charge in [0.2, 0.25) is 5.91 Å². The van der Waals surface area contributed by atoms with Crippen molar-refractivity contribution in [2.24, 2.45) is 5.41 Å². The zero-order valence-corrected chi connectivity index (χ0v) is 13.7. The average Bonchev–Trinajstić information content (AvgIpc) is 2.49. The van der Waals surface area contributed by atoms with Crippen molar-refractivity contribution in [3.63, 3.8) is 0 Å². The molecule has 0 bridgehead atoms. The molecule has 6 heteroatoms. The van der Waals surface area contributed by atoms with Crippen molar-refractivity contribution in [3.8, 4) is 0 Å². The molecule has 1 aromatic heterocycles. The SMILES string of the molecule is CC(C)(C)C(=O)Nc1ccc(NCCN2CCOCC2)nc1. The summed E-state index contributed by atoms with van der Waals surface area (Å²) in [7, 11) is 0. The number of carbonyl (C=O) groups excluding carboxylic acids is 1. The summed E-state index contributed by atoms with van der Waals surface area (Å²) in [4.78, 5) is 18.6. The zero-order chi connectivity index (χ0) is 16.0. The molecule has 1 fully saturated rings. The molecule has 1 amide bonds. The number of morpholine rings is 1. The normalized spacial score (nSPS) is 16.3. The molecule has 6 nitrogen and oxygen atoms in total. The van der Waals surface area contributed by atoms with Gasteiger partial charge in [-0.2, -0.15) is 0 Å². The van der Waals surface area contributed by atoms with Gasteiger partial charge >= 0.3 is 0 Å². The number of anilines is 2. The van der Waals surface area contributed by atoms with Crippen LogP contribution in [0.25, 0.3) is 0 Å². The maximum Gasteiger partial charge on any atom is 0.229 e. The highest BCUT2D eigenvalue weighted by molar-refractivity contribution is 5.94. The Kier molecular flexibility index (Phi) is 5.74. The quantitative estimate of drug-likeness (QED) is 0.868. The van der Waals surface area contributed by atoms with Crippen LogP contribution in [-0.2, 0) is 9.53 Å². The highest BCUT2D eigenvalue weighted by Crippen LogP contribution is 2.17. The topological polar surface area (TPSA) is 66.5 Å². The number of rotatable bonds is 5. The summed E-state index contributed by atoms with van der Waals surface area (Å²) >= 11 is 0. The first kappa shape index (κ1) is 16.7. The van der Waals surface area contributed by atoms with Gasteiger partial charge in [-0.15, -0.1) is 0 Å². The molecule has 22 heavy (non-hydrogen) atoms. The van der Waals surface area contributed by atoms with Gasteiger partial charge in [0.05, 0.1) is 25.1 Å². The number of carbonyl (C=O) groups is 1. The van der Waals surface area contributed by atoms with Gasteiger partial charge in [-0.3, -0.25) is 9.69 Å². The molecule has 2 heterocycles. The van der Waals surface area contributed by atoms with Crippen LogP contribution in [-0.4, -0.2) is 55.2 Å². The summed E-state index contributed by atoms with van der Waals surface area (Å²) < 4.78 is 5.32. The van der Waals surface area contributed by atoms with Crippen molar-refractivity contribution in [1.29, 1.82) is 0 Å². The Morgan fingerprint density at radius 3 is 2.64 bits per heavy atom. The van der Waals surface area contributed by atoms with Gasteiger partial charge in [0.15, 0.2) is 0 Å². The fourth-order valence-corrected chi connectivity index (χ4v) is 2.06. The standard InChI is InChI=1S/C16H26N4O2/c1-16(2,3)15(21)19-13-4-5-14(18-12-13)17-6-7-20-8-10-22-11-9-20/h4-5,12H,6-11H2,1-3H3,(H,17,18)(H,19,21). The molecule has 1 saturated heterocycles. The van der Waals surface area contributed by atoms with Crippen LogP contribution in [0.3, 0.4) is 0 Å². The van der Waals surface area contributed by atoms with Crippen LogP contribution in [0.15, 0.2) is 18.3 Å². The number of nitrogens with one attached hydrogen (secondary N) is 2. The number of hydrogen-bond donors (Lipinski definition) is 2. The minimum absolute atomic E-state index is 0.0117. The van der Waals surface area contributed by atoms with E-state index in [-0.39, 0.29) is 5.91 Å². The Balaban J connectivity index is 1.75. The van der Waals surface area contributed by atoms with Crippen molar-refractivity contribution in [3.05, 3.63) is 18.3 Å². The molecular weight excluding hydrogens is 280 g/mol. The summed E-state index contributed by atoms with van der Waals surface area (Å²) in [6.45, 7) is 11.1. The van der Waals surface area contributed by atoms with E-state index in [1.807, 2.05) is 32.9 Å². The number of nitrogens with zero attached hydrogens (tertiary/aromatic N) is 2. The third kappa shape index (κ3) is 5.27. The van der Waals surface area contributed by atoms with E-state index in [4.69, 9.17) is 4.74 Å². The van der Waals surface area contributed by atoms with Crippen LogP contribution in [0.4, 0.5) is 11.5 Å². The average molecular weight is 306 g/mol. The number of hydrogen-bond acceptors (Lipinski definition) is 5. The van der Waals surface area contributed by atoms with Crippen LogP contribution >= 0.6 is 0 Å². The third-order valence-corrected chi connectivity index (χ3v) is 3.54. The summed E-state index contributed by atoms with van der Waals surface area (Å²) in [5, 5.41) is 6.16. The van der Waals surface area contributed by atoms with E-state index in [0.717, 1.165) is 50.9 Å². The van der Waals surface area contributed by atoms with E-state index in [1.165, 1.54) is 0 Å². The Bertz CT molecular complexity index is 476. The Morgan fingerprint density at radius 1 is 1.32 bits per heavy atom. The maximum absolute atomic E-state index is 11.9. The minimum Gasteiger partial charge on any atom is -0.379 e. The molecule has 2 N–H and O–H groups in total. The summed E-state index contributed by atoms with van der Waals surface area (Å²) in [6.07, 6.45) is 1.68. The zero-order valence-electron chi connectivity index (χ0n) is 13.7. The van der Waals surface area contributed by atoms with E-state index < -0.39 is 5.41 Å². The second-order valence-electron chi connectivity index (χ2n) is 6.52. The first-order chi connectivity index (χ1) is 10.4. The predicted molar refractivity (Wildman–Crippen MR) is 88.1 cm³/mol. The molecule has 0 aromatic carbocycles. The minimum atomic E-state index is -0.408. The lowest BCUT2D eigenvalue weighted by Crippen LogP contribution is -2.39. The number of amides is 1. The highest BCUT2D eigenvalue weighted by Gasteiger charge is 2.21.